The fraction of sp³-hybridized carbons (Fsp3) is 0.308. The molecule has 0 spiro atoms. The molecule has 0 atom stereocenters. The van der Waals surface area contributed by atoms with Gasteiger partial charge < -0.3 is 14.8 Å². The highest BCUT2D eigenvalue weighted by atomic mass is 32.1. The minimum atomic E-state index is -1.31. The van der Waals surface area contributed by atoms with Crippen LogP contribution in [-0.2, 0) is 16.0 Å². The van der Waals surface area contributed by atoms with Crippen LogP contribution in [0.4, 0.5) is 0 Å². The van der Waals surface area contributed by atoms with Crippen LogP contribution < -0.4 is 5.32 Å². The van der Waals surface area contributed by atoms with Gasteiger partial charge in [-0.05, 0) is 25.3 Å². The van der Waals surface area contributed by atoms with Crippen LogP contribution in [0.2, 0.25) is 0 Å². The van der Waals surface area contributed by atoms with Gasteiger partial charge >= 0.3 is 5.97 Å². The number of carbonyl (C=O) groups is 2. The Morgan fingerprint density at radius 3 is 2.85 bits per heavy atom. The van der Waals surface area contributed by atoms with E-state index in [0.29, 0.717) is 11.6 Å². The number of carbonyl (C=O) groups excluding carboxylic acids is 1. The van der Waals surface area contributed by atoms with Crippen molar-refractivity contribution in [3.8, 4) is 10.8 Å². The molecule has 2 aromatic rings. The third kappa shape index (κ3) is 3.24. The lowest BCUT2D eigenvalue weighted by Crippen LogP contribution is -2.50. The minimum Gasteiger partial charge on any atom is -0.480 e. The zero-order valence-electron chi connectivity index (χ0n) is 11.0. The van der Waals surface area contributed by atoms with Gasteiger partial charge in [0.1, 0.15) is 11.8 Å². The lowest BCUT2D eigenvalue weighted by Gasteiger charge is -2.20. The topological polar surface area (TPSA) is 92.4 Å². The normalized spacial score (nSPS) is 11.3. The molecule has 0 fully saturated rings. The molecule has 2 heterocycles. The van der Waals surface area contributed by atoms with Crippen LogP contribution in [0.15, 0.2) is 28.2 Å². The second-order valence-corrected chi connectivity index (χ2v) is 5.72. The first-order valence-electron chi connectivity index (χ1n) is 5.91. The molecular weight excluding hydrogens is 280 g/mol. The summed E-state index contributed by atoms with van der Waals surface area (Å²) in [5, 5.41) is 13.3. The van der Waals surface area contributed by atoms with Crippen LogP contribution in [0, 0.1) is 0 Å². The molecule has 0 bridgehead atoms. The van der Waals surface area contributed by atoms with E-state index in [1.807, 2.05) is 17.5 Å². The van der Waals surface area contributed by atoms with Gasteiger partial charge in [0.05, 0.1) is 17.0 Å². The first-order valence-corrected chi connectivity index (χ1v) is 6.79. The molecule has 0 radical (unpaired) electrons. The first kappa shape index (κ1) is 14.3. The fourth-order valence-electron chi connectivity index (χ4n) is 1.51. The van der Waals surface area contributed by atoms with Crippen molar-refractivity contribution in [1.29, 1.82) is 0 Å². The van der Waals surface area contributed by atoms with E-state index in [0.717, 1.165) is 4.88 Å². The number of rotatable bonds is 5. The van der Waals surface area contributed by atoms with Gasteiger partial charge in [-0.15, -0.1) is 11.3 Å². The number of nitrogens with one attached hydrogen (secondary N) is 1. The summed E-state index contributed by atoms with van der Waals surface area (Å²) in [5.74, 6) is -1.05. The number of thiophene rings is 1. The molecule has 2 N–H and O–H groups in total. The Labute approximate surface area is 119 Å². The third-order valence-electron chi connectivity index (χ3n) is 2.61. The quantitative estimate of drug-likeness (QED) is 0.879. The van der Waals surface area contributed by atoms with Crippen LogP contribution in [0.3, 0.4) is 0 Å². The average molecular weight is 294 g/mol. The summed E-state index contributed by atoms with van der Waals surface area (Å²) in [7, 11) is 0. The van der Waals surface area contributed by atoms with Crippen molar-refractivity contribution in [3.63, 3.8) is 0 Å². The summed E-state index contributed by atoms with van der Waals surface area (Å²) in [6.07, 6.45) is 1.38. The molecule has 106 valence electrons. The molecule has 0 aliphatic heterocycles. The second kappa shape index (κ2) is 5.46. The number of hydrogen-bond acceptors (Lipinski definition) is 5. The molecule has 0 saturated heterocycles. The van der Waals surface area contributed by atoms with E-state index in [9.17, 15) is 9.59 Å². The molecule has 0 saturated carbocycles. The van der Waals surface area contributed by atoms with Gasteiger partial charge in [0.2, 0.25) is 11.8 Å². The maximum Gasteiger partial charge on any atom is 0.328 e. The summed E-state index contributed by atoms with van der Waals surface area (Å²) in [6, 6.07) is 3.75. The number of aliphatic carboxylic acids is 1. The lowest BCUT2D eigenvalue weighted by atomic mass is 10.1. The Morgan fingerprint density at radius 2 is 2.25 bits per heavy atom. The summed E-state index contributed by atoms with van der Waals surface area (Å²) < 4.78 is 5.29. The minimum absolute atomic E-state index is 0.0222. The Bertz CT molecular complexity index is 616. The summed E-state index contributed by atoms with van der Waals surface area (Å²) in [4.78, 5) is 27.8. The molecule has 7 heteroatoms. The Balaban J connectivity index is 2.01. The number of hydrogen-bond donors (Lipinski definition) is 2. The number of amides is 1. The van der Waals surface area contributed by atoms with Crippen molar-refractivity contribution in [2.75, 3.05) is 0 Å². The predicted octanol–water partition coefficient (Wildman–Crippen LogP) is 1.92. The maximum atomic E-state index is 11.8. The van der Waals surface area contributed by atoms with Gasteiger partial charge in [0.25, 0.3) is 0 Å². The molecule has 0 aliphatic rings. The monoisotopic (exact) mass is 294 g/mol. The van der Waals surface area contributed by atoms with E-state index in [1.165, 1.54) is 31.4 Å². The maximum absolute atomic E-state index is 11.8. The van der Waals surface area contributed by atoms with Crippen molar-refractivity contribution in [3.05, 3.63) is 29.5 Å². The van der Waals surface area contributed by atoms with Gasteiger partial charge in [-0.3, -0.25) is 4.79 Å². The molecule has 1 amide bonds. The third-order valence-corrected chi connectivity index (χ3v) is 3.47. The van der Waals surface area contributed by atoms with Crippen molar-refractivity contribution < 1.29 is 19.1 Å². The van der Waals surface area contributed by atoms with E-state index in [2.05, 4.69) is 10.3 Å². The van der Waals surface area contributed by atoms with Crippen molar-refractivity contribution in [1.82, 2.24) is 10.3 Å². The Kier molecular flexibility index (Phi) is 3.89. The predicted molar refractivity (Wildman–Crippen MR) is 73.4 cm³/mol. The van der Waals surface area contributed by atoms with Gasteiger partial charge in [-0.1, -0.05) is 6.07 Å². The van der Waals surface area contributed by atoms with Crippen LogP contribution in [0.1, 0.15) is 19.5 Å². The highest BCUT2D eigenvalue weighted by molar-refractivity contribution is 7.13. The molecular formula is C13H14N2O4S. The summed E-state index contributed by atoms with van der Waals surface area (Å²) in [6.45, 7) is 2.85. The number of carboxylic acids is 1. The smallest absolute Gasteiger partial charge is 0.328 e. The molecule has 20 heavy (non-hydrogen) atoms. The van der Waals surface area contributed by atoms with Gasteiger partial charge in [-0.25, -0.2) is 9.78 Å². The summed E-state index contributed by atoms with van der Waals surface area (Å²) in [5.41, 5.74) is -0.843. The summed E-state index contributed by atoms with van der Waals surface area (Å²) >= 11 is 1.49. The molecule has 0 unspecified atom stereocenters. The van der Waals surface area contributed by atoms with Crippen molar-refractivity contribution >= 4 is 23.2 Å². The van der Waals surface area contributed by atoms with E-state index >= 15 is 0 Å². The molecule has 6 nitrogen and oxygen atoms in total. The van der Waals surface area contributed by atoms with Crippen LogP contribution >= 0.6 is 11.3 Å². The molecule has 0 aromatic carbocycles. The van der Waals surface area contributed by atoms with Gasteiger partial charge in [0, 0.05) is 0 Å². The van der Waals surface area contributed by atoms with Crippen molar-refractivity contribution in [2.24, 2.45) is 0 Å². The highest BCUT2D eigenvalue weighted by Gasteiger charge is 2.29. The first-order chi connectivity index (χ1) is 9.38. The standard InChI is InChI=1S/C13H14N2O4S/c1-13(2,12(17)18)15-10(16)6-8-7-19-11(14-8)9-4-3-5-20-9/h3-5,7H,6H2,1-2H3,(H,15,16)(H,17,18). The zero-order valence-corrected chi connectivity index (χ0v) is 11.9. The van der Waals surface area contributed by atoms with Crippen LogP contribution in [0.25, 0.3) is 10.8 Å². The largest absolute Gasteiger partial charge is 0.480 e. The number of carboxylic acid groups (broad SMARTS) is 1. The SMILES string of the molecule is CC(C)(NC(=O)Cc1coc(-c2cccs2)n1)C(=O)O. The van der Waals surface area contributed by atoms with Gasteiger partial charge in [-0.2, -0.15) is 0 Å². The molecule has 0 aliphatic carbocycles. The van der Waals surface area contributed by atoms with Crippen LogP contribution in [-0.4, -0.2) is 27.5 Å². The highest BCUT2D eigenvalue weighted by Crippen LogP contribution is 2.23. The average Bonchev–Trinajstić information content (AvgIpc) is 2.97. The number of oxazole rings is 1. The van der Waals surface area contributed by atoms with E-state index < -0.39 is 17.4 Å². The zero-order chi connectivity index (χ0) is 14.8. The number of aromatic nitrogens is 1. The molecule has 2 aromatic heterocycles. The van der Waals surface area contributed by atoms with Crippen molar-refractivity contribution in [2.45, 2.75) is 25.8 Å². The van der Waals surface area contributed by atoms with Crippen LogP contribution in [0.5, 0.6) is 0 Å². The Morgan fingerprint density at radius 1 is 1.50 bits per heavy atom. The van der Waals surface area contributed by atoms with E-state index in [4.69, 9.17) is 9.52 Å². The van der Waals surface area contributed by atoms with E-state index in [1.54, 1.807) is 0 Å². The lowest BCUT2D eigenvalue weighted by molar-refractivity contribution is -0.145. The van der Waals surface area contributed by atoms with E-state index in [-0.39, 0.29) is 6.42 Å². The Hall–Kier alpha value is -2.15. The second-order valence-electron chi connectivity index (χ2n) is 4.78. The van der Waals surface area contributed by atoms with Gasteiger partial charge in [0.15, 0.2) is 0 Å². The molecule has 2 rings (SSSR count). The fourth-order valence-corrected chi connectivity index (χ4v) is 2.17. The number of nitrogens with zero attached hydrogens (tertiary/aromatic N) is 1.